The van der Waals surface area contributed by atoms with Gasteiger partial charge in [0.1, 0.15) is 42.1 Å². The van der Waals surface area contributed by atoms with Crippen LogP contribution in [0.5, 0.6) is 17.2 Å². The Kier molecular flexibility index (Phi) is 14.5. The number of amides is 3. The Morgan fingerprint density at radius 2 is 1.43 bits per heavy atom. The zero-order valence-corrected chi connectivity index (χ0v) is 41.9. The molecule has 4 aliphatic heterocycles. The summed E-state index contributed by atoms with van der Waals surface area (Å²) < 4.78 is 34.9. The number of hydrogen-bond donors (Lipinski definition) is 2. The average Bonchev–Trinajstić information content (AvgIpc) is 3.85. The van der Waals surface area contributed by atoms with Crippen LogP contribution >= 0.6 is 0 Å². The van der Waals surface area contributed by atoms with Gasteiger partial charge >= 0.3 is 12.1 Å². The van der Waals surface area contributed by atoms with Crippen molar-refractivity contribution in [3.05, 3.63) is 154 Å². The number of aliphatic hydroxyl groups excluding tert-OH is 1. The second-order valence-electron chi connectivity index (χ2n) is 19.6. The second kappa shape index (κ2) is 21.3. The van der Waals surface area contributed by atoms with Crippen LogP contribution in [0, 0.1) is 17.8 Å². The Morgan fingerprint density at radius 1 is 0.757 bits per heavy atom. The summed E-state index contributed by atoms with van der Waals surface area (Å²) >= 11 is 0. The number of cyclic esters (lactones) is 1. The molecular weight excluding hydrogens is 943 g/mol. The van der Waals surface area contributed by atoms with Gasteiger partial charge in [0.25, 0.3) is 0 Å². The number of hydrogen-bond acceptors (Lipinski definition) is 13. The van der Waals surface area contributed by atoms with Crippen molar-refractivity contribution in [1.82, 2.24) is 9.80 Å². The number of benzene rings is 5. The van der Waals surface area contributed by atoms with Crippen molar-refractivity contribution < 1.29 is 57.8 Å². The maximum absolute atomic E-state index is 16.7. The molecular formula is C59H61N3O12. The Bertz CT molecular complexity index is 2950. The molecule has 0 radical (unpaired) electrons. The molecule has 0 bridgehead atoms. The van der Waals surface area contributed by atoms with Crippen LogP contribution < -0.4 is 19.1 Å². The highest BCUT2D eigenvalue weighted by Crippen LogP contribution is 2.66. The molecule has 5 aromatic carbocycles. The number of fused-ring (bicyclic) bond motifs is 4. The quantitative estimate of drug-likeness (QED) is 0.0544. The zero-order chi connectivity index (χ0) is 51.6. The summed E-state index contributed by atoms with van der Waals surface area (Å²) in [6.07, 6.45) is 3.14. The molecule has 10 rings (SSSR count). The fourth-order valence-electron chi connectivity index (χ4n) is 12.0. The van der Waals surface area contributed by atoms with E-state index in [0.717, 1.165) is 47.3 Å². The van der Waals surface area contributed by atoms with Crippen molar-refractivity contribution >= 4 is 29.6 Å². The molecule has 6 atom stereocenters. The fourth-order valence-corrected chi connectivity index (χ4v) is 12.0. The van der Waals surface area contributed by atoms with Gasteiger partial charge in [-0.25, -0.2) is 9.69 Å². The number of esters is 1. The molecule has 15 heteroatoms. The normalized spacial score (nSPS) is 23.9. The van der Waals surface area contributed by atoms with E-state index in [2.05, 4.69) is 11.8 Å². The van der Waals surface area contributed by atoms with Crippen LogP contribution in [-0.2, 0) is 47.0 Å². The number of methoxy groups -OCH3 is 3. The van der Waals surface area contributed by atoms with Gasteiger partial charge in [0.05, 0.1) is 51.1 Å². The van der Waals surface area contributed by atoms with Crippen LogP contribution in [0.25, 0.3) is 0 Å². The Balaban J connectivity index is 1.26. The van der Waals surface area contributed by atoms with Crippen LogP contribution in [0.15, 0.2) is 115 Å². The van der Waals surface area contributed by atoms with Gasteiger partial charge in [0, 0.05) is 25.8 Å². The largest absolute Gasteiger partial charge is 0.493 e. The van der Waals surface area contributed by atoms with E-state index in [4.69, 9.17) is 28.4 Å². The molecule has 5 aliphatic rings. The predicted octanol–water partition coefficient (Wildman–Crippen LogP) is 7.55. The maximum atomic E-state index is 16.7. The smallest absolute Gasteiger partial charge is 0.421 e. The monoisotopic (exact) mass is 1000 g/mol. The number of rotatable bonds is 12. The van der Waals surface area contributed by atoms with Gasteiger partial charge in [-0.1, -0.05) is 97.5 Å². The number of ether oxygens (including phenoxy) is 6. The van der Waals surface area contributed by atoms with Gasteiger partial charge in [0.2, 0.25) is 11.8 Å². The fraction of sp³-hybridized carbons (Fsp3) is 0.390. The summed E-state index contributed by atoms with van der Waals surface area (Å²) in [5, 5.41) is 21.5. The Labute approximate surface area is 430 Å². The molecule has 2 saturated heterocycles. The molecule has 0 unspecified atom stereocenters. The molecule has 1 spiro atoms. The van der Waals surface area contributed by atoms with E-state index < -0.39 is 65.0 Å². The maximum Gasteiger partial charge on any atom is 0.421 e. The van der Waals surface area contributed by atoms with Gasteiger partial charge in [0.15, 0.2) is 11.5 Å². The van der Waals surface area contributed by atoms with E-state index >= 15 is 14.4 Å². The molecule has 74 heavy (non-hydrogen) atoms. The molecule has 384 valence electrons. The predicted molar refractivity (Wildman–Crippen MR) is 272 cm³/mol. The number of carbonyl (C=O) groups excluding carboxylic acids is 4. The summed E-state index contributed by atoms with van der Waals surface area (Å²) in [4.78, 5) is 68.4. The lowest BCUT2D eigenvalue weighted by Gasteiger charge is -2.46. The minimum atomic E-state index is -2.07. The second-order valence-corrected chi connectivity index (χ2v) is 19.6. The Morgan fingerprint density at radius 3 is 2.09 bits per heavy atom. The van der Waals surface area contributed by atoms with Crippen molar-refractivity contribution in [2.45, 2.75) is 86.7 Å². The summed E-state index contributed by atoms with van der Waals surface area (Å²) in [7, 11) is 4.58. The van der Waals surface area contributed by atoms with Gasteiger partial charge < -0.3 is 43.5 Å². The molecule has 0 aromatic heterocycles. The molecule has 1 saturated carbocycles. The van der Waals surface area contributed by atoms with Crippen molar-refractivity contribution in [2.75, 3.05) is 59.2 Å². The summed E-state index contributed by atoms with van der Waals surface area (Å²) in [5.74, 6) is 4.36. The first-order valence-corrected chi connectivity index (χ1v) is 25.4. The molecule has 2 N–H and O–H groups in total. The van der Waals surface area contributed by atoms with Crippen molar-refractivity contribution in [3.63, 3.8) is 0 Å². The number of anilines is 1. The standard InChI is InChI=1S/C59H61N3O12/c1-69-32-33-73-57(67)61-46-23-18-38(24-28-58(68)26-12-4-5-13-27-58)34-45(46)59(56(61)66)49(54(64)60-29-25-42-35-47(70-2)48(71-3)36-43(42)37-60)51-55(65)74-52(40-16-10-7-11-17-40)50(39-14-8-6-9-15-39)62(51)53(59)41-19-21-44(22-20-41)72-31-30-63/h6-11,14-23,34-36,49-53,63,68H,4-5,12-13,25-27,29-33,37H2,1-3H3/t49-,50-,51-,52+,53+,59-/m0/s1. The number of nitrogens with zero attached hydrogens (tertiary/aromatic N) is 3. The van der Waals surface area contributed by atoms with Crippen molar-refractivity contribution in [1.29, 1.82) is 0 Å². The number of imide groups is 1. The first kappa shape index (κ1) is 50.3. The summed E-state index contributed by atoms with van der Waals surface area (Å²) in [6.45, 7) is 0.00180. The zero-order valence-electron chi connectivity index (χ0n) is 41.9. The van der Waals surface area contributed by atoms with Crippen LogP contribution in [-0.4, -0.2) is 110 Å². The number of aliphatic hydroxyl groups is 2. The first-order valence-electron chi connectivity index (χ1n) is 25.4. The molecule has 5 aromatic rings. The van der Waals surface area contributed by atoms with Gasteiger partial charge in [-0.2, -0.15) is 0 Å². The van der Waals surface area contributed by atoms with E-state index in [1.807, 2.05) is 77.7 Å². The third kappa shape index (κ3) is 9.04. The molecule has 3 amide bonds. The molecule has 15 nitrogen and oxygen atoms in total. The van der Waals surface area contributed by atoms with Crippen LogP contribution in [0.2, 0.25) is 0 Å². The molecule has 4 heterocycles. The van der Waals surface area contributed by atoms with Crippen LogP contribution in [0.3, 0.4) is 0 Å². The highest BCUT2D eigenvalue weighted by molar-refractivity contribution is 6.23. The van der Waals surface area contributed by atoms with Crippen molar-refractivity contribution in [3.8, 4) is 29.1 Å². The minimum absolute atomic E-state index is 0.0285. The third-order valence-electron chi connectivity index (χ3n) is 15.4. The van der Waals surface area contributed by atoms with E-state index in [1.165, 1.54) is 7.11 Å². The lowest BCUT2D eigenvalue weighted by molar-refractivity contribution is -0.179. The Hall–Kier alpha value is -7.22. The first-order chi connectivity index (χ1) is 36.0. The van der Waals surface area contributed by atoms with Gasteiger partial charge in [-0.15, -0.1) is 0 Å². The minimum Gasteiger partial charge on any atom is -0.493 e. The van der Waals surface area contributed by atoms with Gasteiger partial charge in [-0.3, -0.25) is 19.3 Å². The van der Waals surface area contributed by atoms with Crippen LogP contribution in [0.4, 0.5) is 10.5 Å². The van der Waals surface area contributed by atoms with Crippen LogP contribution in [0.1, 0.15) is 95.7 Å². The average molecular weight is 1000 g/mol. The van der Waals surface area contributed by atoms with Crippen molar-refractivity contribution in [2.24, 2.45) is 5.92 Å². The summed E-state index contributed by atoms with van der Waals surface area (Å²) in [5.41, 5.74) is 1.28. The van der Waals surface area contributed by atoms with E-state index in [9.17, 15) is 15.0 Å². The van der Waals surface area contributed by atoms with Gasteiger partial charge in [-0.05, 0) is 108 Å². The topological polar surface area (TPSA) is 174 Å². The number of morpholine rings is 1. The summed E-state index contributed by atoms with van der Waals surface area (Å²) in [6, 6.07) is 31.5. The van der Waals surface area contributed by atoms with E-state index in [1.54, 1.807) is 61.6 Å². The highest BCUT2D eigenvalue weighted by Gasteiger charge is 2.76. The lowest BCUT2D eigenvalue weighted by atomic mass is 9.64. The van der Waals surface area contributed by atoms with E-state index in [0.29, 0.717) is 53.2 Å². The lowest BCUT2D eigenvalue weighted by Crippen LogP contribution is -2.57. The third-order valence-corrected chi connectivity index (χ3v) is 15.4. The highest BCUT2D eigenvalue weighted by atomic mass is 16.6. The van der Waals surface area contributed by atoms with E-state index in [-0.39, 0.29) is 50.8 Å². The SMILES string of the molecule is COCCOC(=O)N1C(=O)[C@@]2(c3cc(C#CC4(O)CCCCCC4)ccc31)[C@H](C(=O)N1CCc3cc(OC)c(OC)cc3C1)[C@H]1C(=O)O[C@H](c3ccccc3)[C@H](c3ccccc3)N1[C@@H]2c1ccc(OCCO)cc1. The molecule has 3 fully saturated rings. The number of carbonyl (C=O) groups is 4. The molecule has 1 aliphatic carbocycles.